The second-order valence-corrected chi connectivity index (χ2v) is 5.86. The Morgan fingerprint density at radius 2 is 1.57 bits per heavy atom. The van der Waals surface area contributed by atoms with Gasteiger partial charge in [0.15, 0.2) is 0 Å². The first-order chi connectivity index (χ1) is 10.1. The van der Waals surface area contributed by atoms with E-state index in [0.717, 1.165) is 22.9 Å². The van der Waals surface area contributed by atoms with Crippen molar-refractivity contribution in [1.82, 2.24) is 5.32 Å². The molecule has 0 bridgehead atoms. The maximum absolute atomic E-state index is 11.6. The van der Waals surface area contributed by atoms with Gasteiger partial charge in [-0.25, -0.2) is 0 Å². The van der Waals surface area contributed by atoms with E-state index in [2.05, 4.69) is 5.32 Å². The molecule has 2 unspecified atom stereocenters. The van der Waals surface area contributed by atoms with Gasteiger partial charge in [0.05, 0.1) is 0 Å². The highest BCUT2D eigenvalue weighted by molar-refractivity contribution is 8.15. The lowest BCUT2D eigenvalue weighted by molar-refractivity contribution is -0.120. The Balaban J connectivity index is 1.81. The third-order valence-corrected chi connectivity index (χ3v) is 4.41. The van der Waals surface area contributed by atoms with Crippen LogP contribution in [0.4, 0.5) is 4.79 Å². The van der Waals surface area contributed by atoms with Gasteiger partial charge in [0.1, 0.15) is 11.4 Å². The first kappa shape index (κ1) is 13.9. The Kier molecular flexibility index (Phi) is 3.77. The number of carbonyl (C=O) groups is 2. The number of thioether (sulfide) groups is 1. The van der Waals surface area contributed by atoms with Gasteiger partial charge >= 0.3 is 0 Å². The Hall–Kier alpha value is -2.11. The van der Waals surface area contributed by atoms with Crippen LogP contribution in [0, 0.1) is 0 Å². The Morgan fingerprint density at radius 3 is 2.14 bits per heavy atom. The molecule has 1 heterocycles. The molecule has 0 aliphatic carbocycles. The van der Waals surface area contributed by atoms with Gasteiger partial charge in [-0.15, -0.1) is 0 Å². The van der Waals surface area contributed by atoms with Crippen molar-refractivity contribution >= 4 is 22.9 Å². The van der Waals surface area contributed by atoms with Crippen LogP contribution in [0.25, 0.3) is 11.1 Å². The van der Waals surface area contributed by atoms with E-state index < -0.39 is 22.5 Å². The molecule has 2 amide bonds. The predicted octanol–water partition coefficient (Wildman–Crippen LogP) is 2.74. The normalized spacial score (nSPS) is 19.4. The number of aliphatic hydroxyl groups excluding tert-OH is 1. The third kappa shape index (κ3) is 2.84. The summed E-state index contributed by atoms with van der Waals surface area (Å²) in [4.78, 5) is 22.7. The molecule has 21 heavy (non-hydrogen) atoms. The second kappa shape index (κ2) is 5.71. The summed E-state index contributed by atoms with van der Waals surface area (Å²) < 4.78 is 0. The van der Waals surface area contributed by atoms with Gasteiger partial charge in [-0.1, -0.05) is 54.6 Å². The highest BCUT2D eigenvalue weighted by Gasteiger charge is 2.37. The number of carbonyl (C=O) groups excluding carboxylic acids is 2. The highest BCUT2D eigenvalue weighted by atomic mass is 32.2. The molecule has 0 spiro atoms. The number of benzene rings is 2. The second-order valence-electron chi connectivity index (χ2n) is 4.75. The number of nitrogens with one attached hydrogen (secondary N) is 1. The van der Waals surface area contributed by atoms with Gasteiger partial charge in [0.2, 0.25) is 5.91 Å². The molecule has 0 saturated carbocycles. The summed E-state index contributed by atoms with van der Waals surface area (Å²) >= 11 is 0.828. The Labute approximate surface area is 126 Å². The van der Waals surface area contributed by atoms with Gasteiger partial charge in [-0.3, -0.25) is 14.9 Å². The Morgan fingerprint density at radius 1 is 0.952 bits per heavy atom. The first-order valence-corrected chi connectivity index (χ1v) is 7.38. The van der Waals surface area contributed by atoms with Crippen molar-refractivity contribution < 1.29 is 14.7 Å². The molecule has 2 N–H and O–H groups in total. The summed E-state index contributed by atoms with van der Waals surface area (Å²) in [6, 6.07) is 17.2. The van der Waals surface area contributed by atoms with Crippen LogP contribution < -0.4 is 5.32 Å². The van der Waals surface area contributed by atoms with Crippen LogP contribution in [0.1, 0.15) is 11.7 Å². The summed E-state index contributed by atoms with van der Waals surface area (Å²) in [6.45, 7) is 0. The average molecular weight is 299 g/mol. The maximum Gasteiger partial charge on any atom is 0.286 e. The summed E-state index contributed by atoms with van der Waals surface area (Å²) in [6.07, 6.45) is -0.994. The molecular weight excluding hydrogens is 286 g/mol. The third-order valence-electron chi connectivity index (χ3n) is 3.36. The minimum absolute atomic E-state index is 0.412. The van der Waals surface area contributed by atoms with Gasteiger partial charge < -0.3 is 5.11 Å². The van der Waals surface area contributed by atoms with Crippen molar-refractivity contribution in [2.75, 3.05) is 0 Å². The molecule has 1 aliphatic rings. The van der Waals surface area contributed by atoms with Crippen molar-refractivity contribution in [2.45, 2.75) is 11.4 Å². The summed E-state index contributed by atoms with van der Waals surface area (Å²) in [5.74, 6) is -0.440. The number of rotatable bonds is 3. The van der Waals surface area contributed by atoms with E-state index in [-0.39, 0.29) is 0 Å². The Bertz CT molecular complexity index is 670. The lowest BCUT2D eigenvalue weighted by Gasteiger charge is -2.15. The topological polar surface area (TPSA) is 66.4 Å². The molecule has 106 valence electrons. The van der Waals surface area contributed by atoms with Gasteiger partial charge in [0.25, 0.3) is 5.24 Å². The van der Waals surface area contributed by atoms with Crippen molar-refractivity contribution in [3.63, 3.8) is 0 Å². The van der Waals surface area contributed by atoms with Crippen LogP contribution in [0.2, 0.25) is 0 Å². The zero-order valence-electron chi connectivity index (χ0n) is 11.0. The van der Waals surface area contributed by atoms with Crippen LogP contribution >= 0.6 is 11.8 Å². The molecule has 3 rings (SSSR count). The van der Waals surface area contributed by atoms with E-state index in [9.17, 15) is 14.7 Å². The predicted molar refractivity (Wildman–Crippen MR) is 81.8 cm³/mol. The SMILES string of the molecule is O=C1NC(=O)C(C(O)c2ccc(-c3ccccc3)cc2)S1. The lowest BCUT2D eigenvalue weighted by Crippen LogP contribution is -2.28. The zero-order chi connectivity index (χ0) is 14.8. The van der Waals surface area contributed by atoms with Crippen molar-refractivity contribution in [1.29, 1.82) is 0 Å². The lowest BCUT2D eigenvalue weighted by atomic mass is 10.0. The van der Waals surface area contributed by atoms with Crippen LogP contribution in [0.3, 0.4) is 0 Å². The maximum atomic E-state index is 11.6. The van der Waals surface area contributed by atoms with Crippen LogP contribution in [-0.4, -0.2) is 21.5 Å². The molecule has 2 aromatic carbocycles. The van der Waals surface area contributed by atoms with Crippen molar-refractivity contribution in [3.8, 4) is 11.1 Å². The molecular formula is C16H13NO3S. The van der Waals surface area contributed by atoms with Gasteiger partial charge in [-0.05, 0) is 28.5 Å². The quantitative estimate of drug-likeness (QED) is 0.914. The van der Waals surface area contributed by atoms with Gasteiger partial charge in [0, 0.05) is 0 Å². The van der Waals surface area contributed by atoms with E-state index >= 15 is 0 Å². The largest absolute Gasteiger partial charge is 0.387 e. The molecule has 1 saturated heterocycles. The number of amides is 2. The zero-order valence-corrected chi connectivity index (χ0v) is 11.8. The molecule has 2 aromatic rings. The highest BCUT2D eigenvalue weighted by Crippen LogP contribution is 2.32. The molecule has 0 aromatic heterocycles. The minimum Gasteiger partial charge on any atom is -0.387 e. The molecule has 2 atom stereocenters. The summed E-state index contributed by atoms with van der Waals surface area (Å²) in [5, 5.41) is 11.2. The van der Waals surface area contributed by atoms with E-state index in [4.69, 9.17) is 0 Å². The van der Waals surface area contributed by atoms with E-state index in [1.165, 1.54) is 0 Å². The molecule has 5 heteroatoms. The molecule has 0 radical (unpaired) electrons. The van der Waals surface area contributed by atoms with Crippen LogP contribution in [0.15, 0.2) is 54.6 Å². The van der Waals surface area contributed by atoms with Crippen LogP contribution in [0.5, 0.6) is 0 Å². The van der Waals surface area contributed by atoms with Crippen molar-refractivity contribution in [2.24, 2.45) is 0 Å². The van der Waals surface area contributed by atoms with Crippen molar-refractivity contribution in [3.05, 3.63) is 60.2 Å². The van der Waals surface area contributed by atoms with E-state index in [1.54, 1.807) is 12.1 Å². The number of hydrogen-bond acceptors (Lipinski definition) is 4. The first-order valence-electron chi connectivity index (χ1n) is 6.50. The monoisotopic (exact) mass is 299 g/mol. The summed E-state index contributed by atoms with van der Waals surface area (Å²) in [7, 11) is 0. The van der Waals surface area contributed by atoms with E-state index in [0.29, 0.717) is 5.56 Å². The van der Waals surface area contributed by atoms with Crippen LogP contribution in [-0.2, 0) is 4.79 Å². The fourth-order valence-electron chi connectivity index (χ4n) is 2.26. The minimum atomic E-state index is -0.994. The fraction of sp³-hybridized carbons (Fsp3) is 0.125. The molecule has 4 nitrogen and oxygen atoms in total. The summed E-state index contributed by atoms with van der Waals surface area (Å²) in [5.41, 5.74) is 2.74. The standard InChI is InChI=1S/C16H13NO3S/c18-13(14-15(19)17-16(20)21-14)12-8-6-11(7-9-12)10-4-2-1-3-5-10/h1-9,13-14,18H,(H,17,19,20). The number of imide groups is 1. The average Bonchev–Trinajstić information content (AvgIpc) is 2.86. The smallest absolute Gasteiger partial charge is 0.286 e. The molecule has 1 fully saturated rings. The van der Waals surface area contributed by atoms with Gasteiger partial charge in [-0.2, -0.15) is 0 Å². The van der Waals surface area contributed by atoms with E-state index in [1.807, 2.05) is 42.5 Å². The molecule has 1 aliphatic heterocycles. The fourth-order valence-corrected chi connectivity index (χ4v) is 3.10. The number of hydrogen-bond donors (Lipinski definition) is 2. The number of aliphatic hydroxyl groups is 1.